The first kappa shape index (κ1) is 14.6. The van der Waals surface area contributed by atoms with Crippen LogP contribution in [0.5, 0.6) is 0 Å². The number of carbonyl (C=O) groups excluding carboxylic acids is 1. The maximum atomic E-state index is 12.4. The van der Waals surface area contributed by atoms with E-state index in [-0.39, 0.29) is 0 Å². The van der Waals surface area contributed by atoms with Crippen LogP contribution in [-0.2, 0) is 4.79 Å². The fraction of sp³-hybridized carbons (Fsp3) is 0.357. The Morgan fingerprint density at radius 1 is 1.32 bits per heavy atom. The summed E-state index contributed by atoms with van der Waals surface area (Å²) >= 11 is 1.17. The van der Waals surface area contributed by atoms with Gasteiger partial charge in [-0.15, -0.1) is 11.3 Å². The predicted octanol–water partition coefficient (Wildman–Crippen LogP) is 1.65. The maximum Gasteiger partial charge on any atom is 0.329 e. The van der Waals surface area contributed by atoms with Crippen molar-refractivity contribution in [1.29, 1.82) is 0 Å². The molecule has 1 amide bonds. The van der Waals surface area contributed by atoms with Gasteiger partial charge in [0, 0.05) is 12.4 Å². The Kier molecular flexibility index (Phi) is 3.61. The van der Waals surface area contributed by atoms with Crippen molar-refractivity contribution in [3.8, 4) is 10.8 Å². The number of amides is 1. The van der Waals surface area contributed by atoms with Gasteiger partial charge in [-0.2, -0.15) is 0 Å². The van der Waals surface area contributed by atoms with E-state index in [0.29, 0.717) is 34.2 Å². The number of aryl methyl sites for hydroxylation is 1. The number of aliphatic carboxylic acids is 1. The van der Waals surface area contributed by atoms with E-state index in [1.54, 1.807) is 25.4 Å². The Balaban J connectivity index is 1.85. The van der Waals surface area contributed by atoms with Crippen LogP contribution >= 0.6 is 11.3 Å². The number of hydrogen-bond donors (Lipinski definition) is 2. The second-order valence-corrected chi connectivity index (χ2v) is 6.20. The normalized spacial score (nSPS) is 15.9. The quantitative estimate of drug-likeness (QED) is 0.888. The lowest BCUT2D eigenvalue weighted by Crippen LogP contribution is -2.59. The predicted molar refractivity (Wildman–Crippen MR) is 79.6 cm³/mol. The summed E-state index contributed by atoms with van der Waals surface area (Å²) in [5.41, 5.74) is -0.582. The number of thiazole rings is 1. The minimum atomic E-state index is -1.13. The summed E-state index contributed by atoms with van der Waals surface area (Å²) in [6.07, 6.45) is 4.93. The van der Waals surface area contributed by atoms with E-state index in [2.05, 4.69) is 20.3 Å². The zero-order valence-electron chi connectivity index (χ0n) is 11.9. The monoisotopic (exact) mass is 318 g/mol. The number of hydrogen-bond acceptors (Lipinski definition) is 6. The SMILES string of the molecule is Cc1nc(-c2ncccn2)sc1C(=O)NC1(C(=O)O)CCC1. The van der Waals surface area contributed by atoms with E-state index in [1.165, 1.54) is 11.3 Å². The molecule has 1 fully saturated rings. The van der Waals surface area contributed by atoms with Crippen LogP contribution in [0.4, 0.5) is 0 Å². The van der Waals surface area contributed by atoms with Crippen molar-refractivity contribution in [3.63, 3.8) is 0 Å². The lowest BCUT2D eigenvalue weighted by Gasteiger charge is -2.38. The van der Waals surface area contributed by atoms with Crippen molar-refractivity contribution >= 4 is 23.2 Å². The molecule has 22 heavy (non-hydrogen) atoms. The molecular formula is C14H14N4O3S. The van der Waals surface area contributed by atoms with Crippen molar-refractivity contribution in [2.75, 3.05) is 0 Å². The van der Waals surface area contributed by atoms with Gasteiger partial charge in [-0.1, -0.05) is 0 Å². The number of carbonyl (C=O) groups is 2. The number of nitrogens with one attached hydrogen (secondary N) is 1. The van der Waals surface area contributed by atoms with Crippen LogP contribution in [0.3, 0.4) is 0 Å². The van der Waals surface area contributed by atoms with Crippen LogP contribution in [0, 0.1) is 6.92 Å². The fourth-order valence-electron chi connectivity index (χ4n) is 2.31. The van der Waals surface area contributed by atoms with Gasteiger partial charge in [0.1, 0.15) is 10.4 Å². The van der Waals surface area contributed by atoms with E-state index in [1.807, 2.05) is 0 Å². The van der Waals surface area contributed by atoms with Gasteiger partial charge < -0.3 is 10.4 Å². The summed E-state index contributed by atoms with van der Waals surface area (Å²) < 4.78 is 0. The summed E-state index contributed by atoms with van der Waals surface area (Å²) in [6, 6.07) is 1.70. The third-order valence-corrected chi connectivity index (χ3v) is 4.88. The largest absolute Gasteiger partial charge is 0.480 e. The molecule has 8 heteroatoms. The molecule has 0 unspecified atom stereocenters. The van der Waals surface area contributed by atoms with E-state index in [4.69, 9.17) is 0 Å². The summed E-state index contributed by atoms with van der Waals surface area (Å²) in [7, 11) is 0. The summed E-state index contributed by atoms with van der Waals surface area (Å²) in [5, 5.41) is 12.5. The highest BCUT2D eigenvalue weighted by atomic mass is 32.1. The van der Waals surface area contributed by atoms with E-state index >= 15 is 0 Å². The van der Waals surface area contributed by atoms with E-state index < -0.39 is 17.4 Å². The summed E-state index contributed by atoms with van der Waals surface area (Å²) in [5.74, 6) is -0.939. The molecule has 1 aliphatic rings. The van der Waals surface area contributed by atoms with Crippen LogP contribution in [-0.4, -0.2) is 37.5 Å². The summed E-state index contributed by atoms with van der Waals surface area (Å²) in [6.45, 7) is 1.71. The van der Waals surface area contributed by atoms with Gasteiger partial charge in [0.05, 0.1) is 5.69 Å². The van der Waals surface area contributed by atoms with Gasteiger partial charge in [-0.3, -0.25) is 4.79 Å². The molecule has 2 aromatic rings. The van der Waals surface area contributed by atoms with E-state index in [0.717, 1.165) is 6.42 Å². The number of carboxylic acid groups (broad SMARTS) is 1. The lowest BCUT2D eigenvalue weighted by atomic mass is 9.76. The zero-order valence-corrected chi connectivity index (χ0v) is 12.7. The molecule has 0 radical (unpaired) electrons. The van der Waals surface area contributed by atoms with E-state index in [9.17, 15) is 14.7 Å². The highest BCUT2D eigenvalue weighted by Gasteiger charge is 2.46. The molecule has 3 rings (SSSR count). The average Bonchev–Trinajstić information content (AvgIpc) is 2.85. The number of nitrogens with zero attached hydrogens (tertiary/aromatic N) is 3. The third kappa shape index (κ3) is 2.45. The number of aromatic nitrogens is 3. The second-order valence-electron chi connectivity index (χ2n) is 5.20. The molecule has 2 heterocycles. The minimum absolute atomic E-state index is 0.398. The topological polar surface area (TPSA) is 105 Å². The maximum absolute atomic E-state index is 12.4. The number of carboxylic acids is 1. The molecule has 0 spiro atoms. The fourth-order valence-corrected chi connectivity index (χ4v) is 3.22. The van der Waals surface area contributed by atoms with Gasteiger partial charge in [0.25, 0.3) is 5.91 Å². The zero-order chi connectivity index (χ0) is 15.7. The Labute approximate surface area is 130 Å². The second kappa shape index (κ2) is 5.45. The lowest BCUT2D eigenvalue weighted by molar-refractivity contribution is -0.148. The smallest absolute Gasteiger partial charge is 0.329 e. The molecule has 0 aromatic carbocycles. The molecule has 0 bridgehead atoms. The third-order valence-electron chi connectivity index (χ3n) is 3.73. The standard InChI is InChI=1S/C14H14N4O3S/c1-8-9(11(19)18-14(13(20)21)4-2-5-14)22-12(17-8)10-15-6-3-7-16-10/h3,6-7H,2,4-5H2,1H3,(H,18,19)(H,20,21). The molecule has 1 saturated carbocycles. The van der Waals surface area contributed by atoms with Gasteiger partial charge in [-0.05, 0) is 32.3 Å². The first-order chi connectivity index (χ1) is 10.5. The molecule has 1 aliphatic carbocycles. The average molecular weight is 318 g/mol. The molecule has 0 atom stereocenters. The Morgan fingerprint density at radius 3 is 2.55 bits per heavy atom. The Morgan fingerprint density at radius 2 is 2.00 bits per heavy atom. The molecule has 0 saturated heterocycles. The van der Waals surface area contributed by atoms with Crippen molar-refractivity contribution in [2.45, 2.75) is 31.7 Å². The van der Waals surface area contributed by atoms with Crippen molar-refractivity contribution in [2.24, 2.45) is 0 Å². The van der Waals surface area contributed by atoms with Crippen molar-refractivity contribution < 1.29 is 14.7 Å². The minimum Gasteiger partial charge on any atom is -0.480 e. The van der Waals surface area contributed by atoms with Crippen LogP contribution in [0.2, 0.25) is 0 Å². The molecular weight excluding hydrogens is 304 g/mol. The van der Waals surface area contributed by atoms with Crippen LogP contribution in [0.25, 0.3) is 10.8 Å². The highest BCUT2D eigenvalue weighted by Crippen LogP contribution is 2.33. The molecule has 114 valence electrons. The molecule has 0 aliphatic heterocycles. The van der Waals surface area contributed by atoms with Gasteiger partial charge >= 0.3 is 5.97 Å². The molecule has 2 aromatic heterocycles. The highest BCUT2D eigenvalue weighted by molar-refractivity contribution is 7.17. The Hall–Kier alpha value is -2.35. The van der Waals surface area contributed by atoms with Crippen LogP contribution in [0.1, 0.15) is 34.6 Å². The van der Waals surface area contributed by atoms with Gasteiger partial charge in [-0.25, -0.2) is 19.7 Å². The number of rotatable bonds is 4. The first-order valence-corrected chi connectivity index (χ1v) is 7.64. The van der Waals surface area contributed by atoms with Crippen LogP contribution < -0.4 is 5.32 Å². The first-order valence-electron chi connectivity index (χ1n) is 6.82. The molecule has 2 N–H and O–H groups in total. The Bertz CT molecular complexity index is 725. The van der Waals surface area contributed by atoms with Gasteiger partial charge in [0.15, 0.2) is 10.8 Å². The van der Waals surface area contributed by atoms with Crippen molar-refractivity contribution in [3.05, 3.63) is 29.0 Å². The summed E-state index contributed by atoms with van der Waals surface area (Å²) in [4.78, 5) is 36.6. The van der Waals surface area contributed by atoms with Crippen molar-refractivity contribution in [1.82, 2.24) is 20.3 Å². The molecule has 7 nitrogen and oxygen atoms in total. The van der Waals surface area contributed by atoms with Crippen LogP contribution in [0.15, 0.2) is 18.5 Å². The van der Waals surface area contributed by atoms with Gasteiger partial charge in [0.2, 0.25) is 0 Å².